The Hall–Kier alpha value is -1.51. The Kier molecular flexibility index (Phi) is 3.22. The van der Waals surface area contributed by atoms with Crippen LogP contribution in [0, 0.1) is 5.92 Å². The van der Waals surface area contributed by atoms with E-state index in [-0.39, 0.29) is 0 Å². The predicted octanol–water partition coefficient (Wildman–Crippen LogP) is 3.94. The largest absolute Gasteiger partial charge is 0.353 e. The molecule has 0 atom stereocenters. The van der Waals surface area contributed by atoms with Crippen molar-refractivity contribution in [1.82, 2.24) is 9.97 Å². The van der Waals surface area contributed by atoms with Gasteiger partial charge in [0.1, 0.15) is 0 Å². The fourth-order valence-electron chi connectivity index (χ4n) is 2.93. The molecule has 1 aliphatic rings. The van der Waals surface area contributed by atoms with Gasteiger partial charge in [0.05, 0.1) is 11.0 Å². The Morgan fingerprint density at radius 1 is 1.22 bits per heavy atom. The van der Waals surface area contributed by atoms with Gasteiger partial charge in [-0.3, -0.25) is 0 Å². The third kappa shape index (κ3) is 2.35. The maximum Gasteiger partial charge on any atom is 0.201 e. The van der Waals surface area contributed by atoms with Crippen molar-refractivity contribution in [1.29, 1.82) is 0 Å². The minimum absolute atomic E-state index is 0.591. The number of fused-ring (bicyclic) bond motifs is 1. The summed E-state index contributed by atoms with van der Waals surface area (Å²) in [6, 6.07) is 8.77. The molecule has 1 heterocycles. The standard InChI is InChI=1S/C15H21N3/c1-2-11-7-9-12(10-8-11)16-15-17-13-5-3-4-6-14(13)18-15/h3-6,11-12H,2,7-10H2,1H3,(H2,16,17,18). The van der Waals surface area contributed by atoms with E-state index in [0.717, 1.165) is 22.9 Å². The van der Waals surface area contributed by atoms with Crippen LogP contribution in [0.2, 0.25) is 0 Å². The Bertz CT molecular complexity index is 476. The quantitative estimate of drug-likeness (QED) is 0.857. The minimum Gasteiger partial charge on any atom is -0.353 e. The topological polar surface area (TPSA) is 40.7 Å². The molecule has 96 valence electrons. The molecule has 0 radical (unpaired) electrons. The fourth-order valence-corrected chi connectivity index (χ4v) is 2.93. The second-order valence-electron chi connectivity index (χ2n) is 5.37. The van der Waals surface area contributed by atoms with Gasteiger partial charge in [0.15, 0.2) is 0 Å². The molecule has 3 nitrogen and oxygen atoms in total. The van der Waals surface area contributed by atoms with E-state index in [1.54, 1.807) is 0 Å². The lowest BCUT2D eigenvalue weighted by atomic mass is 9.85. The highest BCUT2D eigenvalue weighted by Gasteiger charge is 2.20. The van der Waals surface area contributed by atoms with Crippen molar-refractivity contribution in [3.8, 4) is 0 Å². The first-order chi connectivity index (χ1) is 8.85. The molecule has 1 fully saturated rings. The van der Waals surface area contributed by atoms with Crippen molar-refractivity contribution in [2.24, 2.45) is 5.92 Å². The predicted molar refractivity (Wildman–Crippen MR) is 75.8 cm³/mol. The summed E-state index contributed by atoms with van der Waals surface area (Å²) in [6.07, 6.45) is 6.59. The first-order valence-electron chi connectivity index (χ1n) is 7.06. The number of aromatic amines is 1. The lowest BCUT2D eigenvalue weighted by Gasteiger charge is -2.28. The number of benzene rings is 1. The normalized spacial score (nSPS) is 24.3. The lowest BCUT2D eigenvalue weighted by Crippen LogP contribution is -2.26. The summed E-state index contributed by atoms with van der Waals surface area (Å²) < 4.78 is 0. The van der Waals surface area contributed by atoms with Crippen LogP contribution in [0.1, 0.15) is 39.0 Å². The molecule has 1 aliphatic carbocycles. The highest BCUT2D eigenvalue weighted by molar-refractivity contribution is 5.77. The number of hydrogen-bond donors (Lipinski definition) is 2. The summed E-state index contributed by atoms with van der Waals surface area (Å²) >= 11 is 0. The molecular formula is C15H21N3. The zero-order chi connectivity index (χ0) is 12.4. The highest BCUT2D eigenvalue weighted by Crippen LogP contribution is 2.28. The molecule has 2 N–H and O–H groups in total. The average Bonchev–Trinajstić information content (AvgIpc) is 2.82. The summed E-state index contributed by atoms with van der Waals surface area (Å²) in [5.41, 5.74) is 2.16. The van der Waals surface area contributed by atoms with Crippen LogP contribution in [0.25, 0.3) is 11.0 Å². The highest BCUT2D eigenvalue weighted by atomic mass is 15.1. The first kappa shape index (κ1) is 11.6. The number of para-hydroxylation sites is 2. The summed E-state index contributed by atoms with van der Waals surface area (Å²) in [4.78, 5) is 7.93. The van der Waals surface area contributed by atoms with E-state index >= 15 is 0 Å². The molecule has 1 aromatic carbocycles. The van der Waals surface area contributed by atoms with Gasteiger partial charge in [-0.05, 0) is 43.7 Å². The maximum absolute atomic E-state index is 4.58. The zero-order valence-corrected chi connectivity index (χ0v) is 10.9. The summed E-state index contributed by atoms with van der Waals surface area (Å²) in [6.45, 7) is 2.30. The molecule has 0 spiro atoms. The molecule has 0 unspecified atom stereocenters. The second-order valence-corrected chi connectivity index (χ2v) is 5.37. The van der Waals surface area contributed by atoms with Crippen molar-refractivity contribution >= 4 is 17.0 Å². The van der Waals surface area contributed by atoms with Crippen molar-refractivity contribution in [3.63, 3.8) is 0 Å². The van der Waals surface area contributed by atoms with Crippen LogP contribution in [0.15, 0.2) is 24.3 Å². The molecule has 0 amide bonds. The smallest absolute Gasteiger partial charge is 0.201 e. The molecule has 18 heavy (non-hydrogen) atoms. The van der Waals surface area contributed by atoms with E-state index in [0.29, 0.717) is 6.04 Å². The van der Waals surface area contributed by atoms with Crippen molar-refractivity contribution in [2.75, 3.05) is 5.32 Å². The number of nitrogens with zero attached hydrogens (tertiary/aromatic N) is 1. The Morgan fingerprint density at radius 3 is 2.72 bits per heavy atom. The third-order valence-electron chi connectivity index (χ3n) is 4.15. The SMILES string of the molecule is CCC1CCC(Nc2nc3ccccc3[nH]2)CC1. The van der Waals surface area contributed by atoms with Gasteiger partial charge in [-0.1, -0.05) is 25.5 Å². The molecular weight excluding hydrogens is 222 g/mol. The molecule has 3 rings (SSSR count). The van der Waals surface area contributed by atoms with Crippen molar-refractivity contribution < 1.29 is 0 Å². The fraction of sp³-hybridized carbons (Fsp3) is 0.533. The van der Waals surface area contributed by atoms with Crippen LogP contribution >= 0.6 is 0 Å². The van der Waals surface area contributed by atoms with Gasteiger partial charge in [-0.2, -0.15) is 0 Å². The van der Waals surface area contributed by atoms with Crippen LogP contribution in [-0.4, -0.2) is 16.0 Å². The number of nitrogens with one attached hydrogen (secondary N) is 2. The van der Waals surface area contributed by atoms with Crippen LogP contribution in [0.3, 0.4) is 0 Å². The van der Waals surface area contributed by atoms with E-state index in [1.807, 2.05) is 18.2 Å². The summed E-state index contributed by atoms with van der Waals surface area (Å²) in [7, 11) is 0. The van der Waals surface area contributed by atoms with E-state index < -0.39 is 0 Å². The Labute approximate surface area is 108 Å². The van der Waals surface area contributed by atoms with Gasteiger partial charge in [0.25, 0.3) is 0 Å². The van der Waals surface area contributed by atoms with Crippen molar-refractivity contribution in [3.05, 3.63) is 24.3 Å². The summed E-state index contributed by atoms with van der Waals surface area (Å²) in [5, 5.41) is 3.55. The number of aromatic nitrogens is 2. The Balaban J connectivity index is 1.66. The average molecular weight is 243 g/mol. The molecule has 0 bridgehead atoms. The molecule has 1 aromatic heterocycles. The molecule has 0 saturated heterocycles. The van der Waals surface area contributed by atoms with Crippen LogP contribution in [-0.2, 0) is 0 Å². The lowest BCUT2D eigenvalue weighted by molar-refractivity contribution is 0.329. The number of rotatable bonds is 3. The van der Waals surface area contributed by atoms with E-state index in [9.17, 15) is 0 Å². The maximum atomic E-state index is 4.58. The second kappa shape index (κ2) is 5.01. The zero-order valence-electron chi connectivity index (χ0n) is 10.9. The van der Waals surface area contributed by atoms with Gasteiger partial charge in [0.2, 0.25) is 5.95 Å². The van der Waals surface area contributed by atoms with Gasteiger partial charge in [0, 0.05) is 6.04 Å². The number of imidazole rings is 1. The Morgan fingerprint density at radius 2 is 2.00 bits per heavy atom. The number of anilines is 1. The van der Waals surface area contributed by atoms with Gasteiger partial charge in [-0.15, -0.1) is 0 Å². The molecule has 1 saturated carbocycles. The monoisotopic (exact) mass is 243 g/mol. The van der Waals surface area contributed by atoms with E-state index in [1.165, 1.54) is 32.1 Å². The molecule has 3 heteroatoms. The summed E-state index contributed by atoms with van der Waals surface area (Å²) in [5.74, 6) is 1.87. The van der Waals surface area contributed by atoms with Gasteiger partial charge >= 0.3 is 0 Å². The third-order valence-corrected chi connectivity index (χ3v) is 4.15. The minimum atomic E-state index is 0.591. The molecule has 0 aliphatic heterocycles. The van der Waals surface area contributed by atoms with Crippen LogP contribution in [0.4, 0.5) is 5.95 Å². The van der Waals surface area contributed by atoms with Crippen LogP contribution < -0.4 is 5.32 Å². The number of hydrogen-bond acceptors (Lipinski definition) is 2. The van der Waals surface area contributed by atoms with E-state index in [2.05, 4.69) is 28.3 Å². The van der Waals surface area contributed by atoms with Crippen molar-refractivity contribution in [2.45, 2.75) is 45.1 Å². The van der Waals surface area contributed by atoms with Gasteiger partial charge in [-0.25, -0.2) is 4.98 Å². The van der Waals surface area contributed by atoms with Gasteiger partial charge < -0.3 is 10.3 Å². The first-order valence-corrected chi connectivity index (χ1v) is 7.06. The van der Waals surface area contributed by atoms with E-state index in [4.69, 9.17) is 0 Å². The van der Waals surface area contributed by atoms with Crippen LogP contribution in [0.5, 0.6) is 0 Å². The number of H-pyrrole nitrogens is 1. The molecule has 2 aromatic rings.